The Kier molecular flexibility index (Phi) is 6.10. The van der Waals surface area contributed by atoms with Crippen molar-refractivity contribution in [3.8, 4) is 0 Å². The van der Waals surface area contributed by atoms with Gasteiger partial charge >= 0.3 is 0 Å². The molecule has 0 aromatic heterocycles. The van der Waals surface area contributed by atoms with Crippen LogP contribution in [0.3, 0.4) is 0 Å². The average molecular weight is 235 g/mol. The van der Waals surface area contributed by atoms with Crippen LogP contribution in [0.4, 0.5) is 11.4 Å². The molecule has 4 nitrogen and oxygen atoms in total. The number of benzene rings is 1. The lowest BCUT2D eigenvalue weighted by atomic mass is 10.2. The van der Waals surface area contributed by atoms with Crippen LogP contribution in [-0.2, 0) is 4.79 Å². The summed E-state index contributed by atoms with van der Waals surface area (Å²) in [6.07, 6.45) is 1.44. The van der Waals surface area contributed by atoms with Crippen LogP contribution in [0, 0.1) is 0 Å². The second-order valence-corrected chi connectivity index (χ2v) is 3.91. The monoisotopic (exact) mass is 235 g/mol. The van der Waals surface area contributed by atoms with E-state index in [2.05, 4.69) is 16.0 Å². The van der Waals surface area contributed by atoms with Crippen molar-refractivity contribution in [2.45, 2.75) is 19.8 Å². The number of carbonyl (C=O) groups is 1. The molecule has 1 aromatic carbocycles. The van der Waals surface area contributed by atoms with Gasteiger partial charge in [-0.25, -0.2) is 0 Å². The zero-order valence-electron chi connectivity index (χ0n) is 10.5. The Morgan fingerprint density at radius 2 is 1.76 bits per heavy atom. The van der Waals surface area contributed by atoms with Gasteiger partial charge in [0.2, 0.25) is 5.91 Å². The summed E-state index contributed by atoms with van der Waals surface area (Å²) in [7, 11) is 1.92. The molecule has 0 bridgehead atoms. The molecule has 0 fully saturated rings. The lowest BCUT2D eigenvalue weighted by Crippen LogP contribution is -2.17. The van der Waals surface area contributed by atoms with Gasteiger partial charge in [0.1, 0.15) is 0 Å². The molecular formula is C13H21N3O. The van der Waals surface area contributed by atoms with E-state index in [1.807, 2.05) is 38.2 Å². The Hall–Kier alpha value is -1.55. The first-order chi connectivity index (χ1) is 8.26. The SMILES string of the molecule is CCCC(=O)Nc1ccc(NCCNC)cc1. The van der Waals surface area contributed by atoms with Crippen molar-refractivity contribution in [1.29, 1.82) is 0 Å². The Morgan fingerprint density at radius 1 is 1.12 bits per heavy atom. The molecule has 1 amide bonds. The average Bonchev–Trinajstić information content (AvgIpc) is 2.32. The molecule has 0 aliphatic rings. The Bertz CT molecular complexity index is 335. The van der Waals surface area contributed by atoms with Gasteiger partial charge in [0.05, 0.1) is 0 Å². The van der Waals surface area contributed by atoms with Gasteiger partial charge in [-0.15, -0.1) is 0 Å². The van der Waals surface area contributed by atoms with Crippen molar-refractivity contribution in [3.63, 3.8) is 0 Å². The maximum absolute atomic E-state index is 11.4. The first kappa shape index (κ1) is 13.5. The molecule has 0 atom stereocenters. The summed E-state index contributed by atoms with van der Waals surface area (Å²) in [5.41, 5.74) is 1.91. The summed E-state index contributed by atoms with van der Waals surface area (Å²) >= 11 is 0. The van der Waals surface area contributed by atoms with Crippen molar-refractivity contribution in [3.05, 3.63) is 24.3 Å². The van der Waals surface area contributed by atoms with Gasteiger partial charge < -0.3 is 16.0 Å². The summed E-state index contributed by atoms with van der Waals surface area (Å²) in [6, 6.07) is 7.76. The van der Waals surface area contributed by atoms with Crippen molar-refractivity contribution in [2.24, 2.45) is 0 Å². The number of hydrogen-bond donors (Lipinski definition) is 3. The highest BCUT2D eigenvalue weighted by molar-refractivity contribution is 5.90. The van der Waals surface area contributed by atoms with E-state index < -0.39 is 0 Å². The van der Waals surface area contributed by atoms with E-state index in [1.54, 1.807) is 0 Å². The summed E-state index contributed by atoms with van der Waals surface area (Å²) in [5.74, 6) is 0.0726. The van der Waals surface area contributed by atoms with Crippen molar-refractivity contribution in [2.75, 3.05) is 30.8 Å². The molecule has 0 unspecified atom stereocenters. The van der Waals surface area contributed by atoms with Crippen molar-refractivity contribution >= 4 is 17.3 Å². The molecule has 1 aromatic rings. The van der Waals surface area contributed by atoms with E-state index >= 15 is 0 Å². The third kappa shape index (κ3) is 5.36. The third-order valence-corrected chi connectivity index (χ3v) is 2.35. The van der Waals surface area contributed by atoms with Crippen molar-refractivity contribution < 1.29 is 4.79 Å². The number of nitrogens with one attached hydrogen (secondary N) is 3. The lowest BCUT2D eigenvalue weighted by Gasteiger charge is -2.08. The van der Waals surface area contributed by atoms with Crippen LogP contribution in [0.5, 0.6) is 0 Å². The van der Waals surface area contributed by atoms with E-state index in [-0.39, 0.29) is 5.91 Å². The number of rotatable bonds is 7. The summed E-state index contributed by atoms with van der Waals surface area (Å²) in [4.78, 5) is 11.4. The first-order valence-corrected chi connectivity index (χ1v) is 6.04. The minimum absolute atomic E-state index is 0.0726. The van der Waals surface area contributed by atoms with Crippen LogP contribution < -0.4 is 16.0 Å². The zero-order chi connectivity index (χ0) is 12.5. The van der Waals surface area contributed by atoms with Crippen LogP contribution in [0.25, 0.3) is 0 Å². The largest absolute Gasteiger partial charge is 0.384 e. The fourth-order valence-corrected chi connectivity index (χ4v) is 1.45. The fraction of sp³-hybridized carbons (Fsp3) is 0.462. The van der Waals surface area contributed by atoms with Crippen LogP contribution in [0.2, 0.25) is 0 Å². The molecule has 94 valence electrons. The fourth-order valence-electron chi connectivity index (χ4n) is 1.45. The molecule has 0 radical (unpaired) electrons. The minimum Gasteiger partial charge on any atom is -0.384 e. The van der Waals surface area contributed by atoms with E-state index in [0.29, 0.717) is 6.42 Å². The molecular weight excluding hydrogens is 214 g/mol. The molecule has 0 aliphatic carbocycles. The minimum atomic E-state index is 0.0726. The predicted octanol–water partition coefficient (Wildman–Crippen LogP) is 2.06. The van der Waals surface area contributed by atoms with Crippen LogP contribution >= 0.6 is 0 Å². The van der Waals surface area contributed by atoms with Gasteiger partial charge in [-0.05, 0) is 37.7 Å². The van der Waals surface area contributed by atoms with Gasteiger partial charge in [0, 0.05) is 30.9 Å². The smallest absolute Gasteiger partial charge is 0.224 e. The van der Waals surface area contributed by atoms with E-state index in [0.717, 1.165) is 30.9 Å². The maximum Gasteiger partial charge on any atom is 0.224 e. The van der Waals surface area contributed by atoms with Gasteiger partial charge in [0.15, 0.2) is 0 Å². The normalized spacial score (nSPS) is 10.0. The van der Waals surface area contributed by atoms with E-state index in [1.165, 1.54) is 0 Å². The second kappa shape index (κ2) is 7.68. The number of anilines is 2. The molecule has 0 saturated carbocycles. The van der Waals surface area contributed by atoms with Gasteiger partial charge in [-0.3, -0.25) is 4.79 Å². The Morgan fingerprint density at radius 3 is 2.35 bits per heavy atom. The lowest BCUT2D eigenvalue weighted by molar-refractivity contribution is -0.116. The quantitative estimate of drug-likeness (QED) is 0.634. The highest BCUT2D eigenvalue weighted by Gasteiger charge is 2.00. The maximum atomic E-state index is 11.4. The highest BCUT2D eigenvalue weighted by Crippen LogP contribution is 2.13. The topological polar surface area (TPSA) is 53.2 Å². The molecule has 17 heavy (non-hydrogen) atoms. The zero-order valence-corrected chi connectivity index (χ0v) is 10.5. The summed E-state index contributed by atoms with van der Waals surface area (Å²) in [6.45, 7) is 3.81. The Labute approximate surface area is 103 Å². The van der Waals surface area contributed by atoms with Crippen LogP contribution in [-0.4, -0.2) is 26.0 Å². The summed E-state index contributed by atoms with van der Waals surface area (Å²) < 4.78 is 0. The van der Waals surface area contributed by atoms with Crippen molar-refractivity contribution in [1.82, 2.24) is 5.32 Å². The predicted molar refractivity (Wildman–Crippen MR) is 72.4 cm³/mol. The highest BCUT2D eigenvalue weighted by atomic mass is 16.1. The molecule has 1 rings (SSSR count). The number of hydrogen-bond acceptors (Lipinski definition) is 3. The number of amides is 1. The van der Waals surface area contributed by atoms with Gasteiger partial charge in [-0.2, -0.15) is 0 Å². The molecule has 0 heterocycles. The molecule has 0 aliphatic heterocycles. The van der Waals surface area contributed by atoms with Crippen LogP contribution in [0.15, 0.2) is 24.3 Å². The number of carbonyl (C=O) groups excluding carboxylic acids is 1. The molecule has 0 spiro atoms. The molecule has 4 heteroatoms. The molecule has 0 saturated heterocycles. The molecule has 3 N–H and O–H groups in total. The van der Waals surface area contributed by atoms with E-state index in [9.17, 15) is 4.79 Å². The Balaban J connectivity index is 2.41. The summed E-state index contributed by atoms with van der Waals surface area (Å²) in [5, 5.41) is 9.20. The standard InChI is InChI=1S/C13H21N3O/c1-3-4-13(17)16-12-7-5-11(6-8-12)15-10-9-14-2/h5-8,14-15H,3-4,9-10H2,1-2H3,(H,16,17). The van der Waals surface area contributed by atoms with E-state index in [4.69, 9.17) is 0 Å². The second-order valence-electron chi connectivity index (χ2n) is 3.91. The number of likely N-dealkylation sites (N-methyl/N-ethyl adjacent to an activating group) is 1. The first-order valence-electron chi connectivity index (χ1n) is 6.04. The van der Waals surface area contributed by atoms with Crippen LogP contribution in [0.1, 0.15) is 19.8 Å². The third-order valence-electron chi connectivity index (χ3n) is 2.35. The van der Waals surface area contributed by atoms with Gasteiger partial charge in [0.25, 0.3) is 0 Å². The van der Waals surface area contributed by atoms with Gasteiger partial charge in [-0.1, -0.05) is 6.92 Å².